The lowest BCUT2D eigenvalue weighted by atomic mass is 10.1. The predicted molar refractivity (Wildman–Crippen MR) is 71.5 cm³/mol. The molecule has 0 fully saturated rings. The molecule has 15 heavy (non-hydrogen) atoms. The third-order valence-electron chi connectivity index (χ3n) is 2.10. The van der Waals surface area contributed by atoms with Crippen molar-refractivity contribution in [1.82, 2.24) is 5.32 Å². The number of halogens is 2. The molecule has 0 unspecified atom stereocenters. The van der Waals surface area contributed by atoms with Gasteiger partial charge in [0.15, 0.2) is 0 Å². The van der Waals surface area contributed by atoms with Gasteiger partial charge >= 0.3 is 0 Å². The first-order valence-corrected chi connectivity index (χ1v) is 6.38. The Balaban J connectivity index is 2.31. The summed E-state index contributed by atoms with van der Waals surface area (Å²) < 4.78 is 0. The zero-order valence-electron chi connectivity index (χ0n) is 8.47. The van der Waals surface area contributed by atoms with Crippen LogP contribution in [0.1, 0.15) is 12.0 Å². The van der Waals surface area contributed by atoms with E-state index in [0.717, 1.165) is 42.3 Å². The van der Waals surface area contributed by atoms with Crippen LogP contribution in [0.4, 0.5) is 0 Å². The highest BCUT2D eigenvalue weighted by Gasteiger charge is 2.00. The van der Waals surface area contributed by atoms with Gasteiger partial charge in [-0.2, -0.15) is 12.6 Å². The van der Waals surface area contributed by atoms with Gasteiger partial charge in [0.05, 0.1) is 0 Å². The first-order valence-electron chi connectivity index (χ1n) is 4.99. The van der Waals surface area contributed by atoms with Crippen molar-refractivity contribution in [2.75, 3.05) is 18.8 Å². The zero-order valence-corrected chi connectivity index (χ0v) is 10.9. The molecule has 0 amide bonds. The zero-order chi connectivity index (χ0) is 11.1. The number of hydrogen-bond donors (Lipinski definition) is 2. The summed E-state index contributed by atoms with van der Waals surface area (Å²) >= 11 is 16.0. The Morgan fingerprint density at radius 3 is 2.67 bits per heavy atom. The second-order valence-electron chi connectivity index (χ2n) is 3.31. The van der Waals surface area contributed by atoms with E-state index in [4.69, 9.17) is 23.2 Å². The van der Waals surface area contributed by atoms with Crippen LogP contribution in [-0.2, 0) is 6.42 Å². The lowest BCUT2D eigenvalue weighted by Crippen LogP contribution is -2.18. The van der Waals surface area contributed by atoms with E-state index in [1.165, 1.54) is 0 Å². The molecule has 1 nitrogen and oxygen atoms in total. The molecule has 0 saturated heterocycles. The molecule has 1 aromatic carbocycles. The maximum absolute atomic E-state index is 6.05. The quantitative estimate of drug-likeness (QED) is 0.592. The minimum atomic E-state index is 0.687. The largest absolute Gasteiger partial charge is 0.316 e. The van der Waals surface area contributed by atoms with Crippen LogP contribution in [0.25, 0.3) is 0 Å². The second kappa shape index (κ2) is 7.39. The van der Waals surface area contributed by atoms with E-state index in [2.05, 4.69) is 17.9 Å². The molecule has 0 aromatic heterocycles. The minimum absolute atomic E-state index is 0.687. The molecule has 4 heteroatoms. The minimum Gasteiger partial charge on any atom is -0.316 e. The van der Waals surface area contributed by atoms with Crippen LogP contribution in [0.2, 0.25) is 10.0 Å². The summed E-state index contributed by atoms with van der Waals surface area (Å²) in [5, 5.41) is 4.77. The average Bonchev–Trinajstić information content (AvgIpc) is 2.20. The Morgan fingerprint density at radius 1 is 1.20 bits per heavy atom. The molecule has 1 aromatic rings. The average molecular weight is 264 g/mol. The van der Waals surface area contributed by atoms with Crippen molar-refractivity contribution in [3.63, 3.8) is 0 Å². The number of hydrogen-bond acceptors (Lipinski definition) is 2. The fraction of sp³-hybridized carbons (Fsp3) is 0.455. The standard InChI is InChI=1S/C11H15Cl2NS/c12-10-3-2-9(11(13)8-10)4-6-14-5-1-7-15/h2-3,8,14-15H,1,4-7H2. The highest BCUT2D eigenvalue weighted by atomic mass is 35.5. The van der Waals surface area contributed by atoms with Gasteiger partial charge in [0.25, 0.3) is 0 Å². The summed E-state index contributed by atoms with van der Waals surface area (Å²) in [6.45, 7) is 1.95. The monoisotopic (exact) mass is 263 g/mol. The molecule has 0 bridgehead atoms. The third kappa shape index (κ3) is 5.12. The molecule has 1 rings (SSSR count). The predicted octanol–water partition coefficient (Wildman–Crippen LogP) is 3.45. The van der Waals surface area contributed by atoms with E-state index in [-0.39, 0.29) is 0 Å². The summed E-state index contributed by atoms with van der Waals surface area (Å²) in [6.07, 6.45) is 2.03. The molecule has 0 saturated carbocycles. The van der Waals surface area contributed by atoms with Gasteiger partial charge in [-0.05, 0) is 49.4 Å². The van der Waals surface area contributed by atoms with Crippen LogP contribution >= 0.6 is 35.8 Å². The van der Waals surface area contributed by atoms with Crippen LogP contribution in [0.3, 0.4) is 0 Å². The molecule has 0 spiro atoms. The Hall–Kier alpha value is 0.110. The number of benzene rings is 1. The topological polar surface area (TPSA) is 12.0 Å². The van der Waals surface area contributed by atoms with E-state index in [9.17, 15) is 0 Å². The fourth-order valence-corrected chi connectivity index (χ4v) is 1.94. The van der Waals surface area contributed by atoms with E-state index in [0.29, 0.717) is 5.02 Å². The van der Waals surface area contributed by atoms with Gasteiger partial charge < -0.3 is 5.32 Å². The highest BCUT2D eigenvalue weighted by Crippen LogP contribution is 2.20. The van der Waals surface area contributed by atoms with Crippen LogP contribution in [0, 0.1) is 0 Å². The van der Waals surface area contributed by atoms with Crippen molar-refractivity contribution in [2.24, 2.45) is 0 Å². The van der Waals surface area contributed by atoms with E-state index < -0.39 is 0 Å². The first kappa shape index (κ1) is 13.2. The van der Waals surface area contributed by atoms with Crippen molar-refractivity contribution < 1.29 is 0 Å². The summed E-state index contributed by atoms with van der Waals surface area (Å²) in [5.41, 5.74) is 1.14. The molecule has 0 aliphatic heterocycles. The van der Waals surface area contributed by atoms with Crippen molar-refractivity contribution >= 4 is 35.8 Å². The normalized spacial score (nSPS) is 10.6. The van der Waals surface area contributed by atoms with Crippen LogP contribution in [-0.4, -0.2) is 18.8 Å². The van der Waals surface area contributed by atoms with Crippen molar-refractivity contribution in [3.8, 4) is 0 Å². The molecule has 84 valence electrons. The van der Waals surface area contributed by atoms with Crippen LogP contribution in [0.15, 0.2) is 18.2 Å². The summed E-state index contributed by atoms with van der Waals surface area (Å²) in [7, 11) is 0. The lowest BCUT2D eigenvalue weighted by molar-refractivity contribution is 0.675. The van der Waals surface area contributed by atoms with Gasteiger partial charge in [0.2, 0.25) is 0 Å². The molecular formula is C11H15Cl2NS. The summed E-state index contributed by atoms with van der Waals surface area (Å²) in [5.74, 6) is 0.925. The number of thiol groups is 1. The van der Waals surface area contributed by atoms with Gasteiger partial charge in [0.1, 0.15) is 0 Å². The summed E-state index contributed by atoms with van der Waals surface area (Å²) in [6, 6.07) is 5.63. The Labute approximate surface area is 107 Å². The lowest BCUT2D eigenvalue weighted by Gasteiger charge is -2.06. The maximum atomic E-state index is 6.05. The molecular weight excluding hydrogens is 249 g/mol. The Kier molecular flexibility index (Phi) is 6.50. The van der Waals surface area contributed by atoms with Crippen molar-refractivity contribution in [1.29, 1.82) is 0 Å². The first-order chi connectivity index (χ1) is 7.24. The van der Waals surface area contributed by atoms with E-state index >= 15 is 0 Å². The second-order valence-corrected chi connectivity index (χ2v) is 4.60. The molecule has 0 heterocycles. The molecule has 0 aliphatic carbocycles. The van der Waals surface area contributed by atoms with E-state index in [1.54, 1.807) is 6.07 Å². The van der Waals surface area contributed by atoms with Gasteiger partial charge in [-0.15, -0.1) is 0 Å². The molecule has 1 N–H and O–H groups in total. The van der Waals surface area contributed by atoms with Crippen LogP contribution in [0.5, 0.6) is 0 Å². The smallest absolute Gasteiger partial charge is 0.0453 e. The van der Waals surface area contributed by atoms with Crippen molar-refractivity contribution in [3.05, 3.63) is 33.8 Å². The highest BCUT2D eigenvalue weighted by molar-refractivity contribution is 7.80. The van der Waals surface area contributed by atoms with E-state index in [1.807, 2.05) is 12.1 Å². The molecule has 0 aliphatic rings. The Bertz CT molecular complexity index is 305. The molecule has 0 atom stereocenters. The van der Waals surface area contributed by atoms with Gasteiger partial charge in [-0.25, -0.2) is 0 Å². The van der Waals surface area contributed by atoms with Crippen molar-refractivity contribution in [2.45, 2.75) is 12.8 Å². The maximum Gasteiger partial charge on any atom is 0.0453 e. The SMILES string of the molecule is SCCCNCCc1ccc(Cl)cc1Cl. The molecule has 0 radical (unpaired) electrons. The third-order valence-corrected chi connectivity index (χ3v) is 3.00. The van der Waals surface area contributed by atoms with Gasteiger partial charge in [-0.3, -0.25) is 0 Å². The number of rotatable bonds is 6. The number of nitrogens with one attached hydrogen (secondary N) is 1. The Morgan fingerprint density at radius 2 is 2.00 bits per heavy atom. The fourth-order valence-electron chi connectivity index (χ4n) is 1.28. The van der Waals surface area contributed by atoms with Gasteiger partial charge in [-0.1, -0.05) is 29.3 Å². The van der Waals surface area contributed by atoms with Crippen LogP contribution < -0.4 is 5.32 Å². The summed E-state index contributed by atoms with van der Waals surface area (Å²) in [4.78, 5) is 0. The van der Waals surface area contributed by atoms with Gasteiger partial charge in [0, 0.05) is 10.0 Å².